The van der Waals surface area contributed by atoms with E-state index in [2.05, 4.69) is 47.5 Å². The van der Waals surface area contributed by atoms with Gasteiger partial charge in [0.1, 0.15) is 10.5 Å². The lowest BCUT2D eigenvalue weighted by molar-refractivity contribution is 0.124. The first-order chi connectivity index (χ1) is 13.0. The summed E-state index contributed by atoms with van der Waals surface area (Å²) in [6, 6.07) is 18.9. The minimum absolute atomic E-state index is 0.102. The molecule has 0 aliphatic carbocycles. The molecule has 1 spiro atoms. The Bertz CT molecular complexity index is 869. The van der Waals surface area contributed by atoms with Crippen molar-refractivity contribution in [3.8, 4) is 0 Å². The second-order valence-corrected chi connectivity index (χ2v) is 8.13. The lowest BCUT2D eigenvalue weighted by Crippen LogP contribution is -2.58. The van der Waals surface area contributed by atoms with Crippen molar-refractivity contribution in [2.45, 2.75) is 44.8 Å². The molecule has 27 heavy (non-hydrogen) atoms. The Hall–Kier alpha value is -2.24. The molecule has 0 aromatic heterocycles. The third kappa shape index (κ3) is 3.26. The highest BCUT2D eigenvalue weighted by molar-refractivity contribution is 7.80. The van der Waals surface area contributed by atoms with Crippen LogP contribution in [0, 0.1) is 6.92 Å². The average Bonchev–Trinajstić information content (AvgIpc) is 2.88. The molecule has 1 N–H and O–H groups in total. The van der Waals surface area contributed by atoms with Crippen LogP contribution in [0.15, 0.2) is 54.6 Å². The zero-order chi connectivity index (χ0) is 19.0. The van der Waals surface area contributed by atoms with Gasteiger partial charge in [-0.05, 0) is 49.9 Å². The number of urea groups is 1. The quantitative estimate of drug-likeness (QED) is 0.809. The maximum Gasteiger partial charge on any atom is 0.327 e. The van der Waals surface area contributed by atoms with Crippen LogP contribution in [0.1, 0.15) is 30.9 Å². The number of rotatable bonds is 3. The van der Waals surface area contributed by atoms with Crippen molar-refractivity contribution in [1.29, 1.82) is 0 Å². The number of thiocarbonyl (C=S) groups is 1. The zero-order valence-corrected chi connectivity index (χ0v) is 16.6. The van der Waals surface area contributed by atoms with E-state index in [0.717, 1.165) is 37.2 Å². The Labute approximate surface area is 166 Å². The molecule has 0 bridgehead atoms. The van der Waals surface area contributed by atoms with Crippen LogP contribution < -0.4 is 10.2 Å². The maximum absolute atomic E-state index is 12.8. The van der Waals surface area contributed by atoms with Crippen molar-refractivity contribution in [1.82, 2.24) is 10.2 Å². The predicted molar refractivity (Wildman–Crippen MR) is 113 cm³/mol. The molecule has 4 rings (SSSR count). The van der Waals surface area contributed by atoms with Gasteiger partial charge in [-0.1, -0.05) is 54.7 Å². The van der Waals surface area contributed by atoms with Crippen molar-refractivity contribution in [3.63, 3.8) is 0 Å². The number of hydrogen-bond donors (Lipinski definition) is 1. The summed E-state index contributed by atoms with van der Waals surface area (Å²) in [5.74, 6) is 0. The summed E-state index contributed by atoms with van der Waals surface area (Å²) in [5.41, 5.74) is 2.96. The average molecular weight is 380 g/mol. The molecule has 2 atom stereocenters. The summed E-state index contributed by atoms with van der Waals surface area (Å²) in [5, 5.41) is 2.93. The molecule has 4 nitrogen and oxygen atoms in total. The van der Waals surface area contributed by atoms with Gasteiger partial charge in [-0.3, -0.25) is 15.1 Å². The summed E-state index contributed by atoms with van der Waals surface area (Å²) < 4.78 is 0. The Morgan fingerprint density at radius 3 is 2.67 bits per heavy atom. The molecule has 2 aliphatic heterocycles. The van der Waals surface area contributed by atoms with E-state index >= 15 is 0 Å². The summed E-state index contributed by atoms with van der Waals surface area (Å²) >= 11 is 5.67. The number of carbonyl (C=O) groups excluding carboxylic acids is 1. The van der Waals surface area contributed by atoms with E-state index in [-0.39, 0.29) is 6.03 Å². The predicted octanol–water partition coefficient (Wildman–Crippen LogP) is 4.28. The first-order valence-electron chi connectivity index (χ1n) is 9.50. The Balaban J connectivity index is 1.60. The molecular weight excluding hydrogens is 354 g/mol. The maximum atomic E-state index is 12.8. The summed E-state index contributed by atoms with van der Waals surface area (Å²) in [6.45, 7) is 6.13. The molecule has 2 aromatic carbocycles. The van der Waals surface area contributed by atoms with Crippen molar-refractivity contribution in [3.05, 3.63) is 65.7 Å². The van der Waals surface area contributed by atoms with Gasteiger partial charge in [0, 0.05) is 24.8 Å². The molecule has 2 amide bonds. The molecule has 140 valence electrons. The number of hydrogen-bond acceptors (Lipinski definition) is 3. The van der Waals surface area contributed by atoms with E-state index in [1.54, 1.807) is 0 Å². The minimum atomic E-state index is -0.424. The lowest BCUT2D eigenvalue weighted by Gasteiger charge is -2.47. The highest BCUT2D eigenvalue weighted by Gasteiger charge is 2.53. The molecule has 2 aromatic rings. The van der Waals surface area contributed by atoms with Crippen LogP contribution in [0.5, 0.6) is 0 Å². The van der Waals surface area contributed by atoms with Crippen molar-refractivity contribution >= 4 is 28.9 Å². The van der Waals surface area contributed by atoms with E-state index in [1.807, 2.05) is 36.1 Å². The topological polar surface area (TPSA) is 35.6 Å². The number of likely N-dealkylation sites (tertiary alicyclic amines) is 1. The van der Waals surface area contributed by atoms with Gasteiger partial charge in [0.15, 0.2) is 0 Å². The summed E-state index contributed by atoms with van der Waals surface area (Å²) in [6.07, 6.45) is 1.68. The van der Waals surface area contributed by atoms with Crippen molar-refractivity contribution in [2.24, 2.45) is 0 Å². The number of benzene rings is 2. The zero-order valence-electron chi connectivity index (χ0n) is 15.8. The van der Waals surface area contributed by atoms with Crippen LogP contribution in [0.4, 0.5) is 10.5 Å². The molecule has 2 aliphatic rings. The van der Waals surface area contributed by atoms with Gasteiger partial charge in [-0.2, -0.15) is 0 Å². The largest absolute Gasteiger partial charge is 0.327 e. The van der Waals surface area contributed by atoms with Gasteiger partial charge < -0.3 is 0 Å². The third-order valence-corrected chi connectivity index (χ3v) is 6.31. The molecule has 0 saturated carbocycles. The van der Waals surface area contributed by atoms with Crippen LogP contribution in [0.2, 0.25) is 0 Å². The first-order valence-corrected chi connectivity index (χ1v) is 9.91. The van der Waals surface area contributed by atoms with Crippen LogP contribution in [0.25, 0.3) is 0 Å². The molecule has 2 heterocycles. The monoisotopic (exact) mass is 379 g/mol. The van der Waals surface area contributed by atoms with Gasteiger partial charge in [-0.25, -0.2) is 4.79 Å². The second kappa shape index (κ2) is 7.06. The van der Waals surface area contributed by atoms with E-state index in [9.17, 15) is 4.79 Å². The Morgan fingerprint density at radius 1 is 1.19 bits per heavy atom. The Kier molecular flexibility index (Phi) is 4.74. The normalized spacial score (nSPS) is 25.9. The second-order valence-electron chi connectivity index (χ2n) is 7.72. The Morgan fingerprint density at radius 2 is 1.96 bits per heavy atom. The van der Waals surface area contributed by atoms with Crippen molar-refractivity contribution in [2.75, 3.05) is 11.4 Å². The third-order valence-electron chi connectivity index (χ3n) is 5.83. The standard InChI is InChI=1S/C22H25N3OS/c1-16-7-6-10-19(13-16)25-21(26)23-20(27)22(25)11-12-24(17(2)14-22)15-18-8-4-3-5-9-18/h3-10,13,17H,11-12,14-15H2,1-2H3,(H,23,26,27). The number of anilines is 1. The highest BCUT2D eigenvalue weighted by atomic mass is 32.1. The van der Waals surface area contributed by atoms with Gasteiger partial charge >= 0.3 is 6.03 Å². The minimum Gasteiger partial charge on any atom is -0.300 e. The van der Waals surface area contributed by atoms with Crippen LogP contribution in [-0.2, 0) is 6.54 Å². The summed E-state index contributed by atoms with van der Waals surface area (Å²) in [7, 11) is 0. The van der Waals surface area contributed by atoms with E-state index in [4.69, 9.17) is 12.2 Å². The first kappa shape index (κ1) is 18.1. The molecule has 0 radical (unpaired) electrons. The molecule has 2 saturated heterocycles. The number of nitrogens with zero attached hydrogens (tertiary/aromatic N) is 2. The number of piperidine rings is 1. The fourth-order valence-corrected chi connectivity index (χ4v) is 4.79. The van der Waals surface area contributed by atoms with Crippen LogP contribution in [0.3, 0.4) is 0 Å². The molecule has 5 heteroatoms. The number of aryl methyl sites for hydroxylation is 1. The van der Waals surface area contributed by atoms with Gasteiger partial charge in [0.2, 0.25) is 0 Å². The van der Waals surface area contributed by atoms with Gasteiger partial charge in [-0.15, -0.1) is 0 Å². The number of nitrogens with one attached hydrogen (secondary N) is 1. The van der Waals surface area contributed by atoms with Crippen LogP contribution >= 0.6 is 12.2 Å². The van der Waals surface area contributed by atoms with Crippen molar-refractivity contribution < 1.29 is 4.79 Å². The van der Waals surface area contributed by atoms with E-state index in [1.165, 1.54) is 5.56 Å². The van der Waals surface area contributed by atoms with E-state index in [0.29, 0.717) is 11.0 Å². The lowest BCUT2D eigenvalue weighted by atomic mass is 9.82. The molecule has 2 unspecified atom stereocenters. The SMILES string of the molecule is Cc1cccc(N2C(=O)NC(=S)C23CCN(Cc2ccccc2)C(C)C3)c1. The molecular formula is C22H25N3OS. The smallest absolute Gasteiger partial charge is 0.300 e. The number of carbonyl (C=O) groups is 1. The molecule has 2 fully saturated rings. The highest BCUT2D eigenvalue weighted by Crippen LogP contribution is 2.40. The van der Waals surface area contributed by atoms with Crippen LogP contribution in [-0.4, -0.2) is 34.0 Å². The van der Waals surface area contributed by atoms with E-state index < -0.39 is 5.54 Å². The fraction of sp³-hybridized carbons (Fsp3) is 0.364. The van der Waals surface area contributed by atoms with Gasteiger partial charge in [0.25, 0.3) is 0 Å². The summed E-state index contributed by atoms with van der Waals surface area (Å²) in [4.78, 5) is 17.8. The number of amides is 2. The fourth-order valence-electron chi connectivity index (χ4n) is 4.43. The van der Waals surface area contributed by atoms with Gasteiger partial charge in [0.05, 0.1) is 0 Å².